The smallest absolute Gasteiger partial charge is 0.0783 e. The first-order chi connectivity index (χ1) is 17.8. The summed E-state index contributed by atoms with van der Waals surface area (Å²) < 4.78 is 2.76. The lowest BCUT2D eigenvalue weighted by molar-refractivity contribution is 0.158. The minimum absolute atomic E-state index is 0.199. The molecule has 1 aliphatic heterocycles. The number of para-hydroxylation sites is 2. The van der Waals surface area contributed by atoms with E-state index in [1.165, 1.54) is 44.2 Å². The van der Waals surface area contributed by atoms with Crippen molar-refractivity contribution in [2.24, 2.45) is 11.3 Å². The molecule has 194 valence electrons. The fourth-order valence-electron chi connectivity index (χ4n) is 7.74. The van der Waals surface area contributed by atoms with Gasteiger partial charge < -0.3 is 19.8 Å². The van der Waals surface area contributed by atoms with E-state index in [9.17, 15) is 0 Å². The summed E-state index contributed by atoms with van der Waals surface area (Å²) in [5.41, 5.74) is 10.4. The van der Waals surface area contributed by atoms with Crippen LogP contribution in [0.3, 0.4) is 0 Å². The number of hydrogen-bond donors (Lipinski definition) is 2. The van der Waals surface area contributed by atoms with Gasteiger partial charge in [0.05, 0.1) is 6.04 Å². The number of nitrogens with zero attached hydrogens (tertiary/aromatic N) is 2. The van der Waals surface area contributed by atoms with E-state index in [4.69, 9.17) is 0 Å². The van der Waals surface area contributed by atoms with E-state index in [1.54, 1.807) is 5.69 Å². The predicted molar refractivity (Wildman–Crippen MR) is 157 cm³/mol. The first-order valence-corrected chi connectivity index (χ1v) is 14.0. The highest BCUT2D eigenvalue weighted by Crippen LogP contribution is 2.61. The van der Waals surface area contributed by atoms with E-state index < -0.39 is 0 Å². The third-order valence-corrected chi connectivity index (χ3v) is 9.06. The van der Waals surface area contributed by atoms with Crippen molar-refractivity contribution in [1.29, 1.82) is 0 Å². The monoisotopic (exact) mass is 494 g/mol. The van der Waals surface area contributed by atoms with Crippen LogP contribution in [-0.2, 0) is 12.8 Å². The Kier molecular flexibility index (Phi) is 6.08. The lowest BCUT2D eigenvalue weighted by Gasteiger charge is -2.42. The van der Waals surface area contributed by atoms with Crippen LogP contribution in [0.25, 0.3) is 21.8 Å². The molecule has 2 aromatic heterocycles. The standard InChI is InChI=1S/C33H42N4/c1-21-19-26-29(33(2,3)20-21)32(30-24(16-18-36(5)6)22-11-7-9-13-27(22)35-30)37-28-14-10-8-12-23(28)25(31(26)37)15-17-34-4/h7-14,19,26,29,32,34-35H,15-18,20H2,1-6H3/t26-,29+,32+/m0/s1. The average Bonchev–Trinajstić information content (AvgIpc) is 3.49. The van der Waals surface area contributed by atoms with E-state index in [2.05, 4.69) is 116 Å². The molecule has 0 fully saturated rings. The van der Waals surface area contributed by atoms with Crippen molar-refractivity contribution in [1.82, 2.24) is 19.8 Å². The molecule has 4 aromatic rings. The lowest BCUT2D eigenvalue weighted by Crippen LogP contribution is -2.35. The summed E-state index contributed by atoms with van der Waals surface area (Å²) in [6, 6.07) is 18.4. The quantitative estimate of drug-likeness (QED) is 0.282. The predicted octanol–water partition coefficient (Wildman–Crippen LogP) is 6.67. The van der Waals surface area contributed by atoms with Gasteiger partial charge in [0, 0.05) is 51.6 Å². The minimum atomic E-state index is 0.199. The third kappa shape index (κ3) is 3.88. The Morgan fingerprint density at radius 3 is 2.49 bits per heavy atom. The number of aromatic amines is 1. The molecule has 0 spiro atoms. The zero-order valence-electron chi connectivity index (χ0n) is 23.4. The number of likely N-dealkylation sites (N-methyl/N-ethyl adjacent to an activating group) is 2. The van der Waals surface area contributed by atoms with Gasteiger partial charge >= 0.3 is 0 Å². The van der Waals surface area contributed by atoms with Gasteiger partial charge in [-0.1, -0.05) is 61.9 Å². The Morgan fingerprint density at radius 2 is 1.73 bits per heavy atom. The molecule has 0 saturated heterocycles. The largest absolute Gasteiger partial charge is 0.356 e. The van der Waals surface area contributed by atoms with Gasteiger partial charge in [0.1, 0.15) is 0 Å². The van der Waals surface area contributed by atoms with Crippen molar-refractivity contribution in [2.75, 3.05) is 34.2 Å². The van der Waals surface area contributed by atoms with Crippen LogP contribution in [0.15, 0.2) is 60.2 Å². The van der Waals surface area contributed by atoms with Crippen molar-refractivity contribution < 1.29 is 0 Å². The second-order valence-corrected chi connectivity index (χ2v) is 12.4. The number of benzene rings is 2. The molecule has 6 rings (SSSR count). The Labute approximate surface area is 221 Å². The maximum Gasteiger partial charge on any atom is 0.0783 e. The Balaban J connectivity index is 1.66. The molecule has 2 aliphatic rings. The van der Waals surface area contributed by atoms with Crippen LogP contribution in [0.4, 0.5) is 0 Å². The summed E-state index contributed by atoms with van der Waals surface area (Å²) >= 11 is 0. The number of allylic oxidation sites excluding steroid dienone is 2. The van der Waals surface area contributed by atoms with E-state index in [0.29, 0.717) is 11.8 Å². The SMILES string of the molecule is CNCCc1c2n(c3ccccc13)[C@@H](c1[nH]c3ccccc3c1CCN(C)C)[C@H]1[C@@H]2C=C(C)CC1(C)C. The molecule has 2 aromatic carbocycles. The number of nitrogens with one attached hydrogen (secondary N) is 2. The van der Waals surface area contributed by atoms with Gasteiger partial charge in [-0.3, -0.25) is 0 Å². The highest BCUT2D eigenvalue weighted by Gasteiger charge is 2.52. The highest BCUT2D eigenvalue weighted by atomic mass is 15.1. The molecule has 0 saturated carbocycles. The van der Waals surface area contributed by atoms with Crippen LogP contribution in [0.5, 0.6) is 0 Å². The number of rotatable bonds is 7. The Bertz CT molecular complexity index is 1480. The molecular weight excluding hydrogens is 452 g/mol. The van der Waals surface area contributed by atoms with E-state index in [-0.39, 0.29) is 11.5 Å². The molecule has 2 N–H and O–H groups in total. The zero-order valence-corrected chi connectivity index (χ0v) is 23.4. The number of aromatic nitrogens is 2. The van der Waals surface area contributed by atoms with Crippen molar-refractivity contribution >= 4 is 21.8 Å². The molecule has 1 aliphatic carbocycles. The molecule has 3 atom stereocenters. The van der Waals surface area contributed by atoms with Crippen LogP contribution in [0, 0.1) is 11.3 Å². The van der Waals surface area contributed by atoms with E-state index >= 15 is 0 Å². The highest BCUT2D eigenvalue weighted by molar-refractivity contribution is 5.88. The molecule has 0 radical (unpaired) electrons. The maximum atomic E-state index is 4.00. The van der Waals surface area contributed by atoms with Crippen LogP contribution < -0.4 is 5.32 Å². The van der Waals surface area contributed by atoms with E-state index in [0.717, 1.165) is 32.4 Å². The summed E-state index contributed by atoms with van der Waals surface area (Å²) in [5.74, 6) is 0.941. The van der Waals surface area contributed by atoms with Crippen molar-refractivity contribution in [3.63, 3.8) is 0 Å². The van der Waals surface area contributed by atoms with Crippen molar-refractivity contribution in [2.45, 2.75) is 52.0 Å². The summed E-state index contributed by atoms with van der Waals surface area (Å²) in [4.78, 5) is 6.31. The molecule has 4 heteroatoms. The van der Waals surface area contributed by atoms with Gasteiger partial charge in [0.15, 0.2) is 0 Å². The van der Waals surface area contributed by atoms with Crippen molar-refractivity contribution in [3.8, 4) is 0 Å². The Hall–Kier alpha value is -2.82. The average molecular weight is 495 g/mol. The van der Waals surface area contributed by atoms with Crippen LogP contribution >= 0.6 is 0 Å². The van der Waals surface area contributed by atoms with Gasteiger partial charge in [-0.2, -0.15) is 0 Å². The lowest BCUT2D eigenvalue weighted by atomic mass is 9.62. The maximum absolute atomic E-state index is 4.00. The van der Waals surface area contributed by atoms with Crippen molar-refractivity contribution in [3.05, 3.63) is 82.7 Å². The van der Waals surface area contributed by atoms with Crippen LogP contribution in [-0.4, -0.2) is 48.7 Å². The topological polar surface area (TPSA) is 36.0 Å². The second-order valence-electron chi connectivity index (χ2n) is 12.4. The summed E-state index contributed by atoms with van der Waals surface area (Å²) in [5, 5.41) is 6.23. The third-order valence-electron chi connectivity index (χ3n) is 9.06. The van der Waals surface area contributed by atoms with Crippen LogP contribution in [0.1, 0.15) is 61.7 Å². The van der Waals surface area contributed by atoms with E-state index in [1.807, 2.05) is 0 Å². The first kappa shape index (κ1) is 24.5. The number of fused-ring (bicyclic) bond motifs is 6. The van der Waals surface area contributed by atoms with Gasteiger partial charge in [0.2, 0.25) is 0 Å². The Morgan fingerprint density at radius 1 is 1.00 bits per heavy atom. The number of hydrogen-bond acceptors (Lipinski definition) is 2. The first-order valence-electron chi connectivity index (χ1n) is 14.0. The van der Waals surface area contributed by atoms with Gasteiger partial charge in [-0.25, -0.2) is 0 Å². The molecule has 4 nitrogen and oxygen atoms in total. The summed E-state index contributed by atoms with van der Waals surface area (Å²) in [7, 11) is 6.44. The molecule has 0 amide bonds. The van der Waals surface area contributed by atoms with Gasteiger partial charge in [0.25, 0.3) is 0 Å². The molecular formula is C33H42N4. The number of H-pyrrole nitrogens is 1. The fourth-order valence-corrected chi connectivity index (χ4v) is 7.74. The van der Waals surface area contributed by atoms with Crippen LogP contribution in [0.2, 0.25) is 0 Å². The van der Waals surface area contributed by atoms with Gasteiger partial charge in [-0.05, 0) is 82.5 Å². The summed E-state index contributed by atoms with van der Waals surface area (Å²) in [6.07, 6.45) is 5.89. The minimum Gasteiger partial charge on any atom is -0.356 e. The molecule has 0 bridgehead atoms. The second kappa shape index (κ2) is 9.18. The summed E-state index contributed by atoms with van der Waals surface area (Å²) in [6.45, 7) is 9.41. The molecule has 3 heterocycles. The molecule has 37 heavy (non-hydrogen) atoms. The zero-order chi connectivity index (χ0) is 25.9. The normalized spacial score (nSPS) is 22.6. The molecule has 0 unspecified atom stereocenters. The van der Waals surface area contributed by atoms with Gasteiger partial charge in [-0.15, -0.1) is 0 Å². The fraction of sp³-hybridized carbons (Fsp3) is 0.455.